The van der Waals surface area contributed by atoms with Crippen LogP contribution in [0.4, 0.5) is 10.6 Å². The van der Waals surface area contributed by atoms with E-state index in [1.807, 2.05) is 6.07 Å². The molecule has 3 amide bonds. The van der Waals surface area contributed by atoms with Gasteiger partial charge >= 0.3 is 6.09 Å². The smallest absolute Gasteiger partial charge is 0.391 e. The van der Waals surface area contributed by atoms with E-state index < -0.39 is 11.6 Å². The molecule has 2 aromatic heterocycles. The number of carbonyl (C=O) groups excluding carboxylic acids is 3. The third-order valence-corrected chi connectivity index (χ3v) is 7.43. The maximum absolute atomic E-state index is 13.0. The number of carbonyl (C=O) groups is 3. The first-order valence-corrected chi connectivity index (χ1v) is 12.5. The Kier molecular flexibility index (Phi) is 6.51. The van der Waals surface area contributed by atoms with Gasteiger partial charge in [0.1, 0.15) is 11.5 Å². The lowest BCUT2D eigenvalue weighted by Crippen LogP contribution is -2.70. The van der Waals surface area contributed by atoms with E-state index in [0.29, 0.717) is 42.9 Å². The average Bonchev–Trinajstić information content (AvgIpc) is 2.81. The standard InChI is InChI=1S/C26H32N6O4/c1-17(33)27-9-10-29-21-6-4-7-22(30-21)36-24(35)32-26-14-18-11-19(15-26)13-25(12-18,16-26)31-23(34)20-5-2-3-8-28-20/h2-8,18-19H,9-16H2,1H3,(H,27,33)(H,29,30)(H,31,34)(H,32,35). The molecule has 2 unspecified atom stereocenters. The molecule has 2 heterocycles. The van der Waals surface area contributed by atoms with Crippen LogP contribution < -0.4 is 26.0 Å². The molecule has 2 atom stereocenters. The fourth-order valence-corrected chi connectivity index (χ4v) is 6.69. The van der Waals surface area contributed by atoms with Crippen molar-refractivity contribution in [2.24, 2.45) is 11.8 Å². The molecule has 10 heteroatoms. The van der Waals surface area contributed by atoms with Gasteiger partial charge in [-0.15, -0.1) is 0 Å². The number of nitrogens with one attached hydrogen (secondary N) is 4. The quantitative estimate of drug-likeness (QED) is 0.416. The summed E-state index contributed by atoms with van der Waals surface area (Å²) in [7, 11) is 0. The van der Waals surface area contributed by atoms with Crippen LogP contribution in [-0.2, 0) is 4.79 Å². The zero-order chi connectivity index (χ0) is 25.2. The largest absolute Gasteiger partial charge is 0.414 e. The highest BCUT2D eigenvalue weighted by molar-refractivity contribution is 5.92. The van der Waals surface area contributed by atoms with E-state index >= 15 is 0 Å². The zero-order valence-electron chi connectivity index (χ0n) is 20.4. The number of ether oxygens (including phenoxy) is 1. The van der Waals surface area contributed by atoms with Gasteiger partial charge in [-0.3, -0.25) is 14.6 Å². The maximum Gasteiger partial charge on any atom is 0.414 e. The average molecular weight is 493 g/mol. The minimum absolute atomic E-state index is 0.0960. The molecule has 0 spiro atoms. The lowest BCUT2D eigenvalue weighted by molar-refractivity contribution is -0.118. The summed E-state index contributed by atoms with van der Waals surface area (Å²) >= 11 is 0. The molecule has 36 heavy (non-hydrogen) atoms. The Bertz CT molecular complexity index is 1130. The summed E-state index contributed by atoms with van der Waals surface area (Å²) < 4.78 is 5.55. The van der Waals surface area contributed by atoms with E-state index in [4.69, 9.17) is 4.74 Å². The second-order valence-electron chi connectivity index (χ2n) is 10.5. The first-order valence-electron chi connectivity index (χ1n) is 12.5. The summed E-state index contributed by atoms with van der Waals surface area (Å²) in [5.74, 6) is 1.38. The number of hydrogen-bond donors (Lipinski definition) is 4. The van der Waals surface area contributed by atoms with Crippen LogP contribution in [0.2, 0.25) is 0 Å². The van der Waals surface area contributed by atoms with Crippen molar-refractivity contribution in [3.63, 3.8) is 0 Å². The summed E-state index contributed by atoms with van der Waals surface area (Å²) in [6.45, 7) is 2.43. The molecule has 4 bridgehead atoms. The predicted octanol–water partition coefficient (Wildman–Crippen LogP) is 2.63. The summed E-state index contributed by atoms with van der Waals surface area (Å²) in [6, 6.07) is 10.5. The zero-order valence-corrected chi connectivity index (χ0v) is 20.4. The predicted molar refractivity (Wildman–Crippen MR) is 132 cm³/mol. The Hall–Kier alpha value is -3.69. The highest BCUT2D eigenvalue weighted by atomic mass is 16.6. The Labute approximate surface area is 210 Å². The van der Waals surface area contributed by atoms with E-state index in [0.717, 1.165) is 32.1 Å². The molecule has 4 aliphatic rings. The van der Waals surface area contributed by atoms with Crippen molar-refractivity contribution in [3.05, 3.63) is 48.3 Å². The van der Waals surface area contributed by atoms with Crippen LogP contribution >= 0.6 is 0 Å². The number of anilines is 1. The van der Waals surface area contributed by atoms with Crippen LogP contribution in [0.1, 0.15) is 55.9 Å². The fourth-order valence-electron chi connectivity index (χ4n) is 6.69. The number of hydrogen-bond acceptors (Lipinski definition) is 7. The fraction of sp³-hybridized carbons (Fsp3) is 0.500. The summed E-state index contributed by atoms with van der Waals surface area (Å²) in [6.07, 6.45) is 6.52. The molecular formula is C26H32N6O4. The first kappa shape index (κ1) is 24.0. The van der Waals surface area contributed by atoms with Crippen LogP contribution in [0.3, 0.4) is 0 Å². The van der Waals surface area contributed by atoms with Gasteiger partial charge in [-0.2, -0.15) is 4.98 Å². The Morgan fingerprint density at radius 1 is 0.972 bits per heavy atom. The highest BCUT2D eigenvalue weighted by Gasteiger charge is 2.59. The maximum atomic E-state index is 13.0. The Morgan fingerprint density at radius 2 is 1.72 bits per heavy atom. The molecule has 6 rings (SSSR count). The summed E-state index contributed by atoms with van der Waals surface area (Å²) in [5, 5.41) is 12.2. The molecule has 10 nitrogen and oxygen atoms in total. The van der Waals surface area contributed by atoms with Gasteiger partial charge in [0.15, 0.2) is 0 Å². The Morgan fingerprint density at radius 3 is 2.42 bits per heavy atom. The molecule has 4 N–H and O–H groups in total. The van der Waals surface area contributed by atoms with Crippen LogP contribution in [0.25, 0.3) is 0 Å². The van der Waals surface area contributed by atoms with Crippen molar-refractivity contribution < 1.29 is 19.1 Å². The van der Waals surface area contributed by atoms with Crippen molar-refractivity contribution in [2.45, 2.75) is 56.5 Å². The molecular weight excluding hydrogens is 460 g/mol. The van der Waals surface area contributed by atoms with Crippen LogP contribution in [0.15, 0.2) is 42.6 Å². The molecule has 2 aromatic rings. The minimum Gasteiger partial charge on any atom is -0.391 e. The Balaban J connectivity index is 1.22. The third kappa shape index (κ3) is 5.42. The highest BCUT2D eigenvalue weighted by Crippen LogP contribution is 2.57. The third-order valence-electron chi connectivity index (χ3n) is 7.43. The molecule has 190 valence electrons. The van der Waals surface area contributed by atoms with E-state index in [2.05, 4.69) is 31.2 Å². The molecule has 0 radical (unpaired) electrons. The normalized spacial score (nSPS) is 27.7. The minimum atomic E-state index is -0.536. The van der Waals surface area contributed by atoms with Crippen molar-refractivity contribution in [2.75, 3.05) is 18.4 Å². The molecule has 4 saturated carbocycles. The number of amides is 3. The number of rotatable bonds is 8. The topological polar surface area (TPSA) is 134 Å². The van der Waals surface area contributed by atoms with E-state index in [1.54, 1.807) is 36.5 Å². The van der Waals surface area contributed by atoms with Gasteiger partial charge in [0.2, 0.25) is 11.8 Å². The molecule has 0 aliphatic heterocycles. The second kappa shape index (κ2) is 9.75. The lowest BCUT2D eigenvalue weighted by Gasteiger charge is -2.61. The number of aromatic nitrogens is 2. The van der Waals surface area contributed by atoms with Crippen molar-refractivity contribution in [1.82, 2.24) is 25.9 Å². The summed E-state index contributed by atoms with van der Waals surface area (Å²) in [4.78, 5) is 45.4. The van der Waals surface area contributed by atoms with Gasteiger partial charge in [-0.1, -0.05) is 12.1 Å². The SMILES string of the molecule is CC(=O)NCCNc1cccc(OC(=O)NC23CC4CC(C2)CC(NC(=O)c2ccccn2)(C4)C3)n1. The van der Waals surface area contributed by atoms with Crippen molar-refractivity contribution >= 4 is 23.7 Å². The molecule has 0 aromatic carbocycles. The van der Waals surface area contributed by atoms with Gasteiger partial charge in [0.05, 0.1) is 0 Å². The second-order valence-corrected chi connectivity index (χ2v) is 10.5. The van der Waals surface area contributed by atoms with Crippen LogP contribution in [0.5, 0.6) is 5.88 Å². The number of pyridine rings is 2. The van der Waals surface area contributed by atoms with E-state index in [1.165, 1.54) is 6.92 Å². The monoisotopic (exact) mass is 492 g/mol. The molecule has 0 saturated heterocycles. The van der Waals surface area contributed by atoms with Gasteiger partial charge in [-0.25, -0.2) is 4.79 Å². The van der Waals surface area contributed by atoms with Gasteiger partial charge in [0, 0.05) is 43.4 Å². The van der Waals surface area contributed by atoms with E-state index in [9.17, 15) is 14.4 Å². The van der Waals surface area contributed by atoms with Crippen LogP contribution in [0, 0.1) is 11.8 Å². The van der Waals surface area contributed by atoms with Crippen molar-refractivity contribution in [1.29, 1.82) is 0 Å². The number of nitrogens with zero attached hydrogens (tertiary/aromatic N) is 2. The first-order chi connectivity index (χ1) is 17.3. The lowest BCUT2D eigenvalue weighted by atomic mass is 9.50. The van der Waals surface area contributed by atoms with Crippen molar-refractivity contribution in [3.8, 4) is 5.88 Å². The van der Waals surface area contributed by atoms with Gasteiger partial charge in [-0.05, 0) is 68.6 Å². The molecule has 4 aliphatic carbocycles. The summed E-state index contributed by atoms with van der Waals surface area (Å²) in [5.41, 5.74) is -0.347. The van der Waals surface area contributed by atoms with Crippen LogP contribution in [-0.4, -0.2) is 52.0 Å². The van der Waals surface area contributed by atoms with Gasteiger partial charge < -0.3 is 26.0 Å². The van der Waals surface area contributed by atoms with Gasteiger partial charge in [0.25, 0.3) is 5.91 Å². The van der Waals surface area contributed by atoms with E-state index in [-0.39, 0.29) is 23.2 Å². The molecule has 4 fully saturated rings.